The summed E-state index contributed by atoms with van der Waals surface area (Å²) in [6.07, 6.45) is 6.41. The number of thioether (sulfide) groups is 1. The summed E-state index contributed by atoms with van der Waals surface area (Å²) >= 11 is 1.86. The second-order valence-electron chi connectivity index (χ2n) is 7.55. The molecule has 0 spiro atoms. The van der Waals surface area contributed by atoms with Crippen molar-refractivity contribution >= 4 is 17.4 Å². The monoisotopic (exact) mass is 399 g/mol. The molecule has 1 saturated heterocycles. The van der Waals surface area contributed by atoms with E-state index in [9.17, 15) is 9.18 Å². The summed E-state index contributed by atoms with van der Waals surface area (Å²) in [6.45, 7) is 2.29. The van der Waals surface area contributed by atoms with Crippen LogP contribution in [-0.4, -0.2) is 42.4 Å². The maximum Gasteiger partial charge on any atom is 0.267 e. The maximum atomic E-state index is 13.4. The van der Waals surface area contributed by atoms with Gasteiger partial charge in [0, 0.05) is 43.2 Å². The Kier molecular flexibility index (Phi) is 4.68. The van der Waals surface area contributed by atoms with E-state index in [-0.39, 0.29) is 17.4 Å². The number of halogens is 1. The van der Waals surface area contributed by atoms with E-state index in [1.165, 1.54) is 12.3 Å². The number of hydrogen-bond acceptors (Lipinski definition) is 5. The van der Waals surface area contributed by atoms with E-state index in [0.717, 1.165) is 59.9 Å². The van der Waals surface area contributed by atoms with Crippen molar-refractivity contribution in [1.82, 2.24) is 24.1 Å². The third kappa shape index (κ3) is 3.46. The minimum absolute atomic E-state index is 0.00342. The molecule has 2 aliphatic rings. The van der Waals surface area contributed by atoms with E-state index in [2.05, 4.69) is 15.0 Å². The van der Waals surface area contributed by atoms with Crippen molar-refractivity contribution in [2.45, 2.75) is 44.1 Å². The number of likely N-dealkylation sites (tertiary alicyclic amines) is 1. The first kappa shape index (κ1) is 17.9. The third-order valence-corrected chi connectivity index (χ3v) is 6.63. The standard InChI is InChI=1S/C20H22FN5OS/c21-15-3-4-19-22-16(11-25(19)9-15)10-24-6-1-2-17(24)12-26-20(27)8-14-13-28-7-5-18(14)23-26/h3-4,8-9,11,17H,1-2,5-7,10,12-13H2. The molecule has 8 heteroatoms. The van der Waals surface area contributed by atoms with E-state index in [1.54, 1.807) is 21.2 Å². The van der Waals surface area contributed by atoms with E-state index in [0.29, 0.717) is 13.1 Å². The van der Waals surface area contributed by atoms with Gasteiger partial charge in [-0.2, -0.15) is 16.9 Å². The number of aromatic nitrogens is 4. The van der Waals surface area contributed by atoms with Crippen LogP contribution in [0, 0.1) is 5.82 Å². The topological polar surface area (TPSA) is 55.4 Å². The summed E-state index contributed by atoms with van der Waals surface area (Å²) in [5, 5.41) is 4.67. The molecule has 3 aromatic heterocycles. The fraction of sp³-hybridized carbons (Fsp3) is 0.450. The molecule has 5 heterocycles. The molecule has 3 aromatic rings. The van der Waals surface area contributed by atoms with Gasteiger partial charge in [-0.15, -0.1) is 0 Å². The predicted octanol–water partition coefficient (Wildman–Crippen LogP) is 2.48. The summed E-state index contributed by atoms with van der Waals surface area (Å²) in [6, 6.07) is 5.15. The Morgan fingerprint density at radius 1 is 1.29 bits per heavy atom. The largest absolute Gasteiger partial charge is 0.304 e. The van der Waals surface area contributed by atoms with E-state index in [1.807, 2.05) is 18.0 Å². The summed E-state index contributed by atoms with van der Waals surface area (Å²) < 4.78 is 16.8. The summed E-state index contributed by atoms with van der Waals surface area (Å²) in [7, 11) is 0. The number of pyridine rings is 1. The molecule has 2 aliphatic heterocycles. The van der Waals surface area contributed by atoms with Crippen molar-refractivity contribution in [3.8, 4) is 0 Å². The first-order valence-corrected chi connectivity index (χ1v) is 10.9. The quantitative estimate of drug-likeness (QED) is 0.675. The van der Waals surface area contributed by atoms with Crippen LogP contribution in [0.25, 0.3) is 5.65 Å². The normalized spacial score (nSPS) is 20.0. The lowest BCUT2D eigenvalue weighted by Crippen LogP contribution is -2.37. The SMILES string of the molecule is O=c1cc2c(nn1CC1CCCN1Cc1cn3cc(F)ccc3n1)CCSC2. The minimum Gasteiger partial charge on any atom is -0.304 e. The van der Waals surface area contributed by atoms with Gasteiger partial charge in [-0.3, -0.25) is 9.69 Å². The average Bonchev–Trinajstić information content (AvgIpc) is 3.28. The van der Waals surface area contributed by atoms with Gasteiger partial charge < -0.3 is 4.40 Å². The lowest BCUT2D eigenvalue weighted by Gasteiger charge is -2.24. The van der Waals surface area contributed by atoms with Crippen LogP contribution in [-0.2, 0) is 25.3 Å². The predicted molar refractivity (Wildman–Crippen MR) is 107 cm³/mol. The highest BCUT2D eigenvalue weighted by molar-refractivity contribution is 7.98. The van der Waals surface area contributed by atoms with Gasteiger partial charge in [-0.25, -0.2) is 14.1 Å². The molecule has 0 saturated carbocycles. The lowest BCUT2D eigenvalue weighted by atomic mass is 10.2. The molecule has 0 N–H and O–H groups in total. The Bertz CT molecular complexity index is 1080. The van der Waals surface area contributed by atoms with Crippen molar-refractivity contribution in [1.29, 1.82) is 0 Å². The Morgan fingerprint density at radius 3 is 3.14 bits per heavy atom. The van der Waals surface area contributed by atoms with Crippen molar-refractivity contribution in [2.75, 3.05) is 12.3 Å². The fourth-order valence-electron chi connectivity index (χ4n) is 4.19. The average molecular weight is 399 g/mol. The van der Waals surface area contributed by atoms with Crippen LogP contribution < -0.4 is 5.56 Å². The zero-order valence-corrected chi connectivity index (χ0v) is 16.4. The molecule has 0 bridgehead atoms. The first-order valence-electron chi connectivity index (χ1n) is 9.70. The van der Waals surface area contributed by atoms with E-state index < -0.39 is 0 Å². The fourth-order valence-corrected chi connectivity index (χ4v) is 5.15. The lowest BCUT2D eigenvalue weighted by molar-refractivity contribution is 0.214. The molecule has 0 amide bonds. The first-order chi connectivity index (χ1) is 13.7. The molecule has 6 nitrogen and oxygen atoms in total. The zero-order chi connectivity index (χ0) is 19.1. The van der Waals surface area contributed by atoms with Crippen molar-refractivity contribution in [3.05, 3.63) is 63.7 Å². The molecule has 28 heavy (non-hydrogen) atoms. The maximum absolute atomic E-state index is 13.4. The highest BCUT2D eigenvalue weighted by Crippen LogP contribution is 2.23. The second kappa shape index (κ2) is 7.33. The number of fused-ring (bicyclic) bond motifs is 2. The molecule has 146 valence electrons. The molecule has 1 fully saturated rings. The molecule has 0 radical (unpaired) electrons. The van der Waals surface area contributed by atoms with Gasteiger partial charge >= 0.3 is 0 Å². The molecular weight excluding hydrogens is 377 g/mol. The molecule has 5 rings (SSSR count). The summed E-state index contributed by atoms with van der Waals surface area (Å²) in [4.78, 5) is 19.5. The van der Waals surface area contributed by atoms with Crippen molar-refractivity contribution < 1.29 is 4.39 Å². The molecule has 0 aliphatic carbocycles. The number of nitrogens with zero attached hydrogens (tertiary/aromatic N) is 5. The van der Waals surface area contributed by atoms with Crippen LogP contribution in [0.4, 0.5) is 4.39 Å². The Hall–Kier alpha value is -2.19. The van der Waals surface area contributed by atoms with Gasteiger partial charge in [0.2, 0.25) is 0 Å². The van der Waals surface area contributed by atoms with Gasteiger partial charge in [0.15, 0.2) is 0 Å². The summed E-state index contributed by atoms with van der Waals surface area (Å²) in [5.41, 5.74) is 3.83. The van der Waals surface area contributed by atoms with Gasteiger partial charge in [0.25, 0.3) is 5.56 Å². The van der Waals surface area contributed by atoms with Gasteiger partial charge in [-0.1, -0.05) is 0 Å². The minimum atomic E-state index is -0.272. The van der Waals surface area contributed by atoms with Gasteiger partial charge in [0.05, 0.1) is 17.9 Å². The summed E-state index contributed by atoms with van der Waals surface area (Å²) in [5.74, 6) is 1.69. The third-order valence-electron chi connectivity index (χ3n) is 5.62. The highest BCUT2D eigenvalue weighted by Gasteiger charge is 2.27. The van der Waals surface area contributed by atoms with E-state index >= 15 is 0 Å². The molecule has 1 atom stereocenters. The zero-order valence-electron chi connectivity index (χ0n) is 15.6. The number of rotatable bonds is 4. The van der Waals surface area contributed by atoms with Crippen LogP contribution in [0.5, 0.6) is 0 Å². The van der Waals surface area contributed by atoms with E-state index in [4.69, 9.17) is 0 Å². The van der Waals surface area contributed by atoms with Gasteiger partial charge in [-0.05, 0) is 42.8 Å². The highest BCUT2D eigenvalue weighted by atomic mass is 32.2. The smallest absolute Gasteiger partial charge is 0.267 e. The van der Waals surface area contributed by atoms with Crippen molar-refractivity contribution in [2.24, 2.45) is 0 Å². The number of hydrogen-bond donors (Lipinski definition) is 0. The van der Waals surface area contributed by atoms with Crippen LogP contribution in [0.2, 0.25) is 0 Å². The van der Waals surface area contributed by atoms with Crippen LogP contribution in [0.3, 0.4) is 0 Å². The van der Waals surface area contributed by atoms with Gasteiger partial charge in [0.1, 0.15) is 11.5 Å². The Balaban J connectivity index is 1.34. The molecular formula is C20H22FN5OS. The van der Waals surface area contributed by atoms with Crippen LogP contribution >= 0.6 is 11.8 Å². The second-order valence-corrected chi connectivity index (χ2v) is 8.66. The van der Waals surface area contributed by atoms with Crippen molar-refractivity contribution in [3.63, 3.8) is 0 Å². The number of imidazole rings is 1. The Morgan fingerprint density at radius 2 is 2.21 bits per heavy atom. The Labute approximate surface area is 166 Å². The molecule has 0 aromatic carbocycles. The van der Waals surface area contributed by atoms with Crippen LogP contribution in [0.15, 0.2) is 35.4 Å². The number of aryl methyl sites for hydroxylation is 1. The molecule has 1 unspecified atom stereocenters. The van der Waals surface area contributed by atoms with Crippen LogP contribution in [0.1, 0.15) is 29.8 Å².